The van der Waals surface area contributed by atoms with Crippen LogP contribution < -0.4 is 0 Å². The summed E-state index contributed by atoms with van der Waals surface area (Å²) >= 11 is 0. The van der Waals surface area contributed by atoms with Crippen molar-refractivity contribution >= 4 is 5.91 Å². The first kappa shape index (κ1) is 11.5. The lowest BCUT2D eigenvalue weighted by atomic mass is 9.86. The third-order valence-corrected chi connectivity index (χ3v) is 5.20. The van der Waals surface area contributed by atoms with Gasteiger partial charge >= 0.3 is 0 Å². The summed E-state index contributed by atoms with van der Waals surface area (Å²) in [6.45, 7) is 0.657. The van der Waals surface area contributed by atoms with Gasteiger partial charge in [0, 0.05) is 17.5 Å². The number of hydrogen-bond acceptors (Lipinski definition) is 2. The van der Waals surface area contributed by atoms with Crippen LogP contribution in [-0.4, -0.2) is 17.4 Å². The Morgan fingerprint density at radius 2 is 1.71 bits per heavy atom. The Labute approximate surface area is 123 Å². The minimum Gasteiger partial charge on any atom is -0.338 e. The zero-order valence-corrected chi connectivity index (χ0v) is 11.6. The van der Waals surface area contributed by atoms with Gasteiger partial charge in [0.05, 0.1) is 6.54 Å². The lowest BCUT2D eigenvalue weighted by Crippen LogP contribution is -2.42. The molecule has 2 saturated heterocycles. The van der Waals surface area contributed by atoms with Crippen LogP contribution in [0, 0.1) is 0 Å². The summed E-state index contributed by atoms with van der Waals surface area (Å²) in [6, 6.07) is 18.2. The van der Waals surface area contributed by atoms with Crippen molar-refractivity contribution in [3.63, 3.8) is 0 Å². The molecule has 3 aliphatic heterocycles. The van der Waals surface area contributed by atoms with E-state index in [2.05, 4.69) is 12.1 Å². The second-order valence-electron chi connectivity index (χ2n) is 6.18. The molecule has 1 amide bonds. The molecule has 104 valence electrons. The number of nitrogens with zero attached hydrogens (tertiary/aromatic N) is 1. The van der Waals surface area contributed by atoms with Gasteiger partial charge in [0.1, 0.15) is 5.60 Å². The molecule has 3 nitrogen and oxygen atoms in total. The van der Waals surface area contributed by atoms with Crippen molar-refractivity contribution in [2.75, 3.05) is 6.54 Å². The molecule has 3 aliphatic rings. The number of amides is 1. The van der Waals surface area contributed by atoms with E-state index in [0.717, 1.165) is 24.0 Å². The topological polar surface area (TPSA) is 29.5 Å². The summed E-state index contributed by atoms with van der Waals surface area (Å²) in [5.74, 6) is 0.114. The number of hydrogen-bond donors (Lipinski definition) is 0. The highest BCUT2D eigenvalue weighted by Gasteiger charge is 2.66. The van der Waals surface area contributed by atoms with Gasteiger partial charge in [-0.1, -0.05) is 48.5 Å². The van der Waals surface area contributed by atoms with E-state index >= 15 is 0 Å². The molecule has 3 heteroatoms. The zero-order chi connectivity index (χ0) is 14.1. The van der Waals surface area contributed by atoms with Gasteiger partial charge < -0.3 is 9.64 Å². The number of piperidine rings is 1. The first-order valence-electron chi connectivity index (χ1n) is 7.42. The maximum atomic E-state index is 12.7. The second-order valence-corrected chi connectivity index (χ2v) is 6.18. The number of carbonyl (C=O) groups is 1. The van der Waals surface area contributed by atoms with Crippen LogP contribution in [0.2, 0.25) is 0 Å². The van der Waals surface area contributed by atoms with E-state index in [1.165, 1.54) is 5.56 Å². The molecule has 5 rings (SSSR count). The zero-order valence-electron chi connectivity index (χ0n) is 11.6. The van der Waals surface area contributed by atoms with Gasteiger partial charge in [-0.3, -0.25) is 4.79 Å². The van der Waals surface area contributed by atoms with E-state index in [-0.39, 0.29) is 11.5 Å². The lowest BCUT2D eigenvalue weighted by molar-refractivity contribution is -0.0843. The first-order chi connectivity index (χ1) is 10.3. The molecular formula is C18H15NO2. The Kier molecular flexibility index (Phi) is 1.95. The van der Waals surface area contributed by atoms with Crippen LogP contribution in [0.1, 0.15) is 34.3 Å². The third kappa shape index (κ3) is 1.21. The van der Waals surface area contributed by atoms with Crippen LogP contribution in [0.25, 0.3) is 0 Å². The predicted molar refractivity (Wildman–Crippen MR) is 77.6 cm³/mol. The molecule has 2 atom stereocenters. The minimum absolute atomic E-state index is 0.114. The Bertz CT molecular complexity index is 757. The molecule has 1 spiro atoms. The van der Waals surface area contributed by atoms with Gasteiger partial charge in [-0.05, 0) is 18.1 Å². The number of carbonyl (C=O) groups excluding carboxylic acids is 1. The number of benzene rings is 2. The Hall–Kier alpha value is -2.13. The predicted octanol–water partition coefficient (Wildman–Crippen LogP) is 3.01. The van der Waals surface area contributed by atoms with Crippen LogP contribution in [0.5, 0.6) is 0 Å². The summed E-state index contributed by atoms with van der Waals surface area (Å²) in [4.78, 5) is 14.6. The SMILES string of the molecule is O=C1c2ccccc2[C@]23CC[C@](c4ccccc4)(CN12)O3. The standard InChI is InChI=1S/C18H15NO2/c20-16-14-8-4-5-9-15(14)18-11-10-17(21-18,12-19(16)18)13-6-2-1-3-7-13/h1-9H,10-12H2/t17-,18-/m1/s1. The van der Waals surface area contributed by atoms with Crippen molar-refractivity contribution in [1.29, 1.82) is 0 Å². The number of fused-ring (bicyclic) bond motifs is 2. The Morgan fingerprint density at radius 3 is 2.57 bits per heavy atom. The average Bonchev–Trinajstić information content (AvgIpc) is 3.17. The summed E-state index contributed by atoms with van der Waals surface area (Å²) in [7, 11) is 0. The van der Waals surface area contributed by atoms with Crippen LogP contribution in [0.3, 0.4) is 0 Å². The summed E-state index contributed by atoms with van der Waals surface area (Å²) < 4.78 is 6.56. The highest BCUT2D eigenvalue weighted by molar-refractivity contribution is 6.00. The van der Waals surface area contributed by atoms with Crippen molar-refractivity contribution in [1.82, 2.24) is 4.90 Å². The molecule has 3 heterocycles. The maximum Gasteiger partial charge on any atom is 0.256 e. The molecule has 21 heavy (non-hydrogen) atoms. The van der Waals surface area contributed by atoms with E-state index in [1.54, 1.807) is 0 Å². The molecule has 2 bridgehead atoms. The van der Waals surface area contributed by atoms with Gasteiger partial charge in [-0.2, -0.15) is 0 Å². The quantitative estimate of drug-likeness (QED) is 0.802. The van der Waals surface area contributed by atoms with Crippen molar-refractivity contribution < 1.29 is 9.53 Å². The van der Waals surface area contributed by atoms with Crippen LogP contribution in [-0.2, 0) is 16.1 Å². The summed E-state index contributed by atoms with van der Waals surface area (Å²) in [5.41, 5.74) is 2.18. The summed E-state index contributed by atoms with van der Waals surface area (Å²) in [5, 5.41) is 0. The van der Waals surface area contributed by atoms with E-state index < -0.39 is 5.72 Å². The average molecular weight is 277 g/mol. The fourth-order valence-corrected chi connectivity index (χ4v) is 4.24. The van der Waals surface area contributed by atoms with E-state index in [1.807, 2.05) is 47.4 Å². The maximum absolute atomic E-state index is 12.7. The van der Waals surface area contributed by atoms with Crippen molar-refractivity contribution in [2.24, 2.45) is 0 Å². The normalized spacial score (nSPS) is 32.4. The molecule has 0 saturated carbocycles. The van der Waals surface area contributed by atoms with Crippen LogP contribution in [0.15, 0.2) is 54.6 Å². The molecule has 0 N–H and O–H groups in total. The molecule has 0 aliphatic carbocycles. The molecular weight excluding hydrogens is 262 g/mol. The van der Waals surface area contributed by atoms with Crippen molar-refractivity contribution in [3.8, 4) is 0 Å². The Balaban J connectivity index is 1.68. The fourth-order valence-electron chi connectivity index (χ4n) is 4.24. The number of ether oxygens (including phenoxy) is 1. The van der Waals surface area contributed by atoms with Gasteiger partial charge in [-0.15, -0.1) is 0 Å². The van der Waals surface area contributed by atoms with Crippen molar-refractivity contribution in [2.45, 2.75) is 24.2 Å². The van der Waals surface area contributed by atoms with Crippen molar-refractivity contribution in [3.05, 3.63) is 71.3 Å². The largest absolute Gasteiger partial charge is 0.338 e. The molecule has 2 aromatic carbocycles. The monoisotopic (exact) mass is 277 g/mol. The minimum atomic E-state index is -0.524. The number of rotatable bonds is 1. The first-order valence-corrected chi connectivity index (χ1v) is 7.42. The molecule has 0 radical (unpaired) electrons. The smallest absolute Gasteiger partial charge is 0.256 e. The van der Waals surface area contributed by atoms with Gasteiger partial charge in [0.25, 0.3) is 5.91 Å². The fraction of sp³-hybridized carbons (Fsp3) is 0.278. The van der Waals surface area contributed by atoms with Crippen LogP contribution in [0.4, 0.5) is 0 Å². The van der Waals surface area contributed by atoms with E-state index in [4.69, 9.17) is 4.74 Å². The third-order valence-electron chi connectivity index (χ3n) is 5.20. The van der Waals surface area contributed by atoms with Crippen LogP contribution >= 0.6 is 0 Å². The summed E-state index contributed by atoms with van der Waals surface area (Å²) in [6.07, 6.45) is 1.85. The molecule has 2 aromatic rings. The van der Waals surface area contributed by atoms with E-state index in [0.29, 0.717) is 6.54 Å². The highest BCUT2D eigenvalue weighted by atomic mass is 16.6. The highest BCUT2D eigenvalue weighted by Crippen LogP contribution is 2.61. The Morgan fingerprint density at radius 1 is 0.952 bits per heavy atom. The van der Waals surface area contributed by atoms with Gasteiger partial charge in [0.2, 0.25) is 0 Å². The lowest BCUT2D eigenvalue weighted by Gasteiger charge is -2.30. The molecule has 0 unspecified atom stereocenters. The van der Waals surface area contributed by atoms with Gasteiger partial charge in [0.15, 0.2) is 5.72 Å². The van der Waals surface area contributed by atoms with Gasteiger partial charge in [-0.25, -0.2) is 0 Å². The second kappa shape index (κ2) is 3.55. The molecule has 2 fully saturated rings. The molecule has 0 aromatic heterocycles. The van der Waals surface area contributed by atoms with E-state index in [9.17, 15) is 4.79 Å².